The zero-order valence-corrected chi connectivity index (χ0v) is 17.2. The van der Waals surface area contributed by atoms with E-state index in [0.29, 0.717) is 6.54 Å². The molecule has 2 aromatic rings. The number of rotatable bonds is 7. The van der Waals surface area contributed by atoms with Crippen LogP contribution in [0, 0.1) is 0 Å². The van der Waals surface area contributed by atoms with Crippen LogP contribution in [-0.4, -0.2) is 26.4 Å². The smallest absolute Gasteiger partial charge is 0.216 e. The van der Waals surface area contributed by atoms with E-state index >= 15 is 0 Å². The molecule has 1 aliphatic rings. The van der Waals surface area contributed by atoms with Gasteiger partial charge in [-0.05, 0) is 54.8 Å². The second-order valence-electron chi connectivity index (χ2n) is 6.82. The largest absolute Gasteiger partial charge is 0.299 e. The lowest BCUT2D eigenvalue weighted by Gasteiger charge is -2.27. The number of hydrogen-bond donors (Lipinski definition) is 1. The molecule has 0 bridgehead atoms. The Balaban J connectivity index is 1.63. The Morgan fingerprint density at radius 2 is 1.69 bits per heavy atom. The van der Waals surface area contributed by atoms with Crippen LogP contribution in [0.25, 0.3) is 0 Å². The predicted molar refractivity (Wildman–Crippen MR) is 109 cm³/mol. The highest BCUT2D eigenvalue weighted by molar-refractivity contribution is 9.10. The highest BCUT2D eigenvalue weighted by Gasteiger charge is 2.15. The van der Waals surface area contributed by atoms with E-state index in [2.05, 4.69) is 31.6 Å². The molecule has 1 N–H and O–H groups in total. The van der Waals surface area contributed by atoms with Gasteiger partial charge in [0.25, 0.3) is 0 Å². The van der Waals surface area contributed by atoms with Crippen molar-refractivity contribution in [3.05, 3.63) is 69.7 Å². The average Bonchev–Trinajstić information content (AvgIpc) is 2.62. The molecule has 3 rings (SSSR count). The summed E-state index contributed by atoms with van der Waals surface area (Å²) >= 11 is 3.38. The first kappa shape index (κ1) is 19.5. The lowest BCUT2D eigenvalue weighted by Crippen LogP contribution is -2.30. The fourth-order valence-electron chi connectivity index (χ4n) is 3.33. The summed E-state index contributed by atoms with van der Waals surface area (Å²) in [5.41, 5.74) is 3.03. The number of nitrogens with zero attached hydrogens (tertiary/aromatic N) is 1. The van der Waals surface area contributed by atoms with Gasteiger partial charge in [-0.15, -0.1) is 0 Å². The molecular weight excluding hydrogens is 412 g/mol. The molecule has 0 radical (unpaired) electrons. The lowest BCUT2D eigenvalue weighted by atomic mass is 10.1. The molecule has 0 aliphatic carbocycles. The maximum Gasteiger partial charge on any atom is 0.216 e. The molecule has 1 fully saturated rings. The Labute approximate surface area is 164 Å². The second-order valence-corrected chi connectivity index (χ2v) is 9.54. The minimum atomic E-state index is -3.38. The topological polar surface area (TPSA) is 49.4 Å². The van der Waals surface area contributed by atoms with Crippen molar-refractivity contribution in [3.63, 3.8) is 0 Å². The van der Waals surface area contributed by atoms with Crippen molar-refractivity contribution in [2.24, 2.45) is 0 Å². The number of piperidine rings is 1. The molecule has 26 heavy (non-hydrogen) atoms. The quantitative estimate of drug-likeness (QED) is 0.711. The average molecular weight is 437 g/mol. The monoisotopic (exact) mass is 436 g/mol. The molecule has 0 atom stereocenters. The summed E-state index contributed by atoms with van der Waals surface area (Å²) in [5, 5.41) is 0. The maximum atomic E-state index is 12.4. The van der Waals surface area contributed by atoms with Crippen LogP contribution in [0.15, 0.2) is 53.0 Å². The molecule has 0 unspecified atom stereocenters. The summed E-state index contributed by atoms with van der Waals surface area (Å²) in [6.07, 6.45) is 3.82. The highest BCUT2D eigenvalue weighted by atomic mass is 79.9. The molecule has 1 aliphatic heterocycles. The molecule has 0 aromatic heterocycles. The summed E-state index contributed by atoms with van der Waals surface area (Å²) in [6, 6.07) is 15.5. The Kier molecular flexibility index (Phi) is 6.86. The number of halogens is 1. The van der Waals surface area contributed by atoms with Crippen LogP contribution in [-0.2, 0) is 28.9 Å². The van der Waals surface area contributed by atoms with Gasteiger partial charge in [-0.2, -0.15) is 0 Å². The Morgan fingerprint density at radius 1 is 0.962 bits per heavy atom. The van der Waals surface area contributed by atoms with Gasteiger partial charge in [0, 0.05) is 17.6 Å². The van der Waals surface area contributed by atoms with Crippen LogP contribution >= 0.6 is 15.9 Å². The predicted octanol–water partition coefficient (Wildman–Crippen LogP) is 4.05. The number of likely N-dealkylation sites (tertiary alicyclic amines) is 1. The van der Waals surface area contributed by atoms with Gasteiger partial charge in [0.05, 0.1) is 5.75 Å². The normalized spacial score (nSPS) is 15.9. The van der Waals surface area contributed by atoms with Gasteiger partial charge in [0.2, 0.25) is 10.0 Å². The van der Waals surface area contributed by atoms with E-state index in [1.807, 2.05) is 42.5 Å². The van der Waals surface area contributed by atoms with Crippen molar-refractivity contribution in [2.75, 3.05) is 13.1 Å². The first-order chi connectivity index (χ1) is 12.5. The van der Waals surface area contributed by atoms with Crippen LogP contribution in [0.3, 0.4) is 0 Å². The van der Waals surface area contributed by atoms with E-state index in [4.69, 9.17) is 0 Å². The van der Waals surface area contributed by atoms with Crippen LogP contribution in [0.1, 0.15) is 36.0 Å². The van der Waals surface area contributed by atoms with Gasteiger partial charge in [0.15, 0.2) is 0 Å². The van der Waals surface area contributed by atoms with Crippen LogP contribution in [0.5, 0.6) is 0 Å². The molecule has 0 saturated carbocycles. The summed E-state index contributed by atoms with van der Waals surface area (Å²) in [7, 11) is -3.38. The van der Waals surface area contributed by atoms with Crippen molar-refractivity contribution < 1.29 is 8.42 Å². The molecule has 1 heterocycles. The fourth-order valence-corrected chi connectivity index (χ4v) is 4.87. The van der Waals surface area contributed by atoms with Crippen molar-refractivity contribution in [2.45, 2.75) is 38.1 Å². The van der Waals surface area contributed by atoms with E-state index < -0.39 is 10.0 Å². The maximum absolute atomic E-state index is 12.4. The number of benzene rings is 2. The van der Waals surface area contributed by atoms with E-state index in [-0.39, 0.29) is 5.75 Å². The molecule has 4 nitrogen and oxygen atoms in total. The lowest BCUT2D eigenvalue weighted by molar-refractivity contribution is 0.220. The summed E-state index contributed by atoms with van der Waals surface area (Å²) in [5.74, 6) is -0.0132. The molecule has 2 aromatic carbocycles. The third-order valence-corrected chi connectivity index (χ3v) is 6.48. The summed E-state index contributed by atoms with van der Waals surface area (Å²) < 4.78 is 28.5. The SMILES string of the molecule is O=S(=O)(Cc1cccc(Br)c1)NCc1ccccc1CN1CCCCC1. The molecular formula is C20H25BrN2O2S. The zero-order valence-electron chi connectivity index (χ0n) is 14.8. The van der Waals surface area contributed by atoms with Crippen molar-refractivity contribution in [3.8, 4) is 0 Å². The Bertz CT molecular complexity index is 833. The second kappa shape index (κ2) is 9.13. The molecule has 0 spiro atoms. The minimum absolute atomic E-state index is 0.0132. The minimum Gasteiger partial charge on any atom is -0.299 e. The van der Waals surface area contributed by atoms with Crippen LogP contribution < -0.4 is 4.72 Å². The summed E-state index contributed by atoms with van der Waals surface area (Å²) in [4.78, 5) is 2.46. The van der Waals surface area contributed by atoms with Crippen molar-refractivity contribution in [1.82, 2.24) is 9.62 Å². The van der Waals surface area contributed by atoms with Crippen LogP contribution in [0.4, 0.5) is 0 Å². The third kappa shape index (κ3) is 5.91. The molecule has 140 valence electrons. The van der Waals surface area contributed by atoms with E-state index in [9.17, 15) is 8.42 Å². The van der Waals surface area contributed by atoms with Gasteiger partial charge < -0.3 is 0 Å². The Hall–Kier alpha value is -1.21. The number of nitrogens with one attached hydrogen (secondary N) is 1. The number of hydrogen-bond acceptors (Lipinski definition) is 3. The molecule has 0 amide bonds. The van der Waals surface area contributed by atoms with Crippen molar-refractivity contribution >= 4 is 26.0 Å². The number of sulfonamides is 1. The van der Waals surface area contributed by atoms with E-state index in [1.165, 1.54) is 24.8 Å². The molecule has 6 heteroatoms. The third-order valence-electron chi connectivity index (χ3n) is 4.69. The first-order valence-electron chi connectivity index (χ1n) is 9.03. The van der Waals surface area contributed by atoms with E-state index in [1.54, 1.807) is 0 Å². The fraction of sp³-hybridized carbons (Fsp3) is 0.400. The first-order valence-corrected chi connectivity index (χ1v) is 11.5. The zero-order chi connectivity index (χ0) is 18.4. The van der Waals surface area contributed by atoms with Crippen molar-refractivity contribution in [1.29, 1.82) is 0 Å². The van der Waals surface area contributed by atoms with Gasteiger partial charge in [-0.1, -0.05) is 58.7 Å². The van der Waals surface area contributed by atoms with Gasteiger partial charge in [-0.25, -0.2) is 13.1 Å². The standard InChI is InChI=1S/C20H25BrN2O2S/c21-20-10-6-7-17(13-20)16-26(24,25)22-14-18-8-2-3-9-19(18)15-23-11-4-1-5-12-23/h2-3,6-10,13,22H,1,4-5,11-12,14-16H2. The summed E-state index contributed by atoms with van der Waals surface area (Å²) in [6.45, 7) is 3.48. The van der Waals surface area contributed by atoms with E-state index in [0.717, 1.165) is 35.2 Å². The van der Waals surface area contributed by atoms with Gasteiger partial charge in [-0.3, -0.25) is 4.90 Å². The molecule has 1 saturated heterocycles. The highest BCUT2D eigenvalue weighted by Crippen LogP contribution is 2.17. The van der Waals surface area contributed by atoms with Gasteiger partial charge >= 0.3 is 0 Å². The Morgan fingerprint density at radius 3 is 2.42 bits per heavy atom. The van der Waals surface area contributed by atoms with Crippen LogP contribution in [0.2, 0.25) is 0 Å². The van der Waals surface area contributed by atoms with Gasteiger partial charge in [0.1, 0.15) is 0 Å².